The van der Waals surface area contributed by atoms with Crippen LogP contribution in [-0.4, -0.2) is 29.0 Å². The van der Waals surface area contributed by atoms with E-state index in [1.54, 1.807) is 12.1 Å². The predicted octanol–water partition coefficient (Wildman–Crippen LogP) is 2.85. The molecule has 1 fully saturated rings. The first-order valence-electron chi connectivity index (χ1n) is 7.75. The van der Waals surface area contributed by atoms with Crippen LogP contribution in [-0.2, 0) is 5.41 Å². The number of piperidine rings is 1. The first-order chi connectivity index (χ1) is 11.6. The zero-order valence-corrected chi connectivity index (χ0v) is 13.9. The Kier molecular flexibility index (Phi) is 4.63. The molecule has 1 saturated heterocycles. The lowest BCUT2D eigenvalue weighted by molar-refractivity contribution is 0.0944. The Balaban J connectivity index is 1.63. The highest BCUT2D eigenvalue weighted by Crippen LogP contribution is 2.34. The lowest BCUT2D eigenvalue weighted by Crippen LogP contribution is -2.49. The summed E-state index contributed by atoms with van der Waals surface area (Å²) in [6.45, 7) is 1.25. The van der Waals surface area contributed by atoms with E-state index in [-0.39, 0.29) is 11.7 Å². The van der Waals surface area contributed by atoms with Crippen LogP contribution in [0.1, 0.15) is 29.0 Å². The van der Waals surface area contributed by atoms with Crippen molar-refractivity contribution in [3.63, 3.8) is 0 Å². The Morgan fingerprint density at radius 1 is 1.21 bits per heavy atom. The number of rotatable bonds is 2. The molecule has 1 N–H and O–H groups in total. The number of likely N-dealkylation sites (tertiary alicyclic amines) is 1. The lowest BCUT2D eigenvalue weighted by Gasteiger charge is -2.38. The minimum Gasteiger partial charge on any atom is -0.459 e. The normalized spacial score (nSPS) is 16.2. The topological polar surface area (TPSA) is 69.3 Å². The molecule has 1 amide bonds. The van der Waals surface area contributed by atoms with E-state index in [4.69, 9.17) is 16.6 Å². The summed E-state index contributed by atoms with van der Waals surface area (Å²) in [6, 6.07) is 15.6. The molecule has 0 bridgehead atoms. The molecular formula is C18H17N3O2S. The molecule has 0 unspecified atom stereocenters. The van der Waals surface area contributed by atoms with Crippen LogP contribution in [0.15, 0.2) is 53.1 Å². The van der Waals surface area contributed by atoms with E-state index >= 15 is 0 Å². The smallest absolute Gasteiger partial charge is 0.293 e. The Hall–Kier alpha value is -2.65. The largest absolute Gasteiger partial charge is 0.459 e. The summed E-state index contributed by atoms with van der Waals surface area (Å²) in [7, 11) is 0. The molecule has 1 aliphatic rings. The van der Waals surface area contributed by atoms with Gasteiger partial charge in [-0.3, -0.25) is 10.1 Å². The van der Waals surface area contributed by atoms with E-state index in [1.807, 2.05) is 35.2 Å². The number of furan rings is 1. The maximum absolute atomic E-state index is 12.0. The fourth-order valence-corrected chi connectivity index (χ4v) is 3.23. The lowest BCUT2D eigenvalue weighted by atomic mass is 9.74. The minimum absolute atomic E-state index is 0.227. The highest BCUT2D eigenvalue weighted by Gasteiger charge is 2.37. The van der Waals surface area contributed by atoms with E-state index in [0.717, 1.165) is 5.56 Å². The Bertz CT molecular complexity index is 757. The van der Waals surface area contributed by atoms with Gasteiger partial charge < -0.3 is 9.32 Å². The van der Waals surface area contributed by atoms with Gasteiger partial charge in [-0.15, -0.1) is 0 Å². The summed E-state index contributed by atoms with van der Waals surface area (Å²) in [5.74, 6) is -0.129. The van der Waals surface area contributed by atoms with Gasteiger partial charge in [0.25, 0.3) is 5.91 Å². The van der Waals surface area contributed by atoms with Crippen molar-refractivity contribution in [3.8, 4) is 6.07 Å². The van der Waals surface area contributed by atoms with Crippen LogP contribution in [0.3, 0.4) is 0 Å². The molecule has 5 nitrogen and oxygen atoms in total. The van der Waals surface area contributed by atoms with Gasteiger partial charge in [0.1, 0.15) is 0 Å². The van der Waals surface area contributed by atoms with Gasteiger partial charge in [0.15, 0.2) is 10.9 Å². The number of amides is 1. The van der Waals surface area contributed by atoms with Gasteiger partial charge in [-0.1, -0.05) is 30.3 Å². The highest BCUT2D eigenvalue weighted by molar-refractivity contribution is 7.80. The maximum Gasteiger partial charge on any atom is 0.293 e. The molecule has 24 heavy (non-hydrogen) atoms. The fourth-order valence-electron chi connectivity index (χ4n) is 2.96. The molecule has 2 aromatic rings. The van der Waals surface area contributed by atoms with Crippen molar-refractivity contribution in [2.24, 2.45) is 0 Å². The molecule has 1 aliphatic heterocycles. The maximum atomic E-state index is 12.0. The second-order valence-corrected chi connectivity index (χ2v) is 6.17. The van der Waals surface area contributed by atoms with Crippen LogP contribution in [0.4, 0.5) is 0 Å². The number of nitrogens with one attached hydrogen (secondary N) is 1. The molecule has 0 radical (unpaired) electrons. The monoisotopic (exact) mass is 339 g/mol. The van der Waals surface area contributed by atoms with Crippen LogP contribution in [0, 0.1) is 11.3 Å². The standard InChI is InChI=1S/C18H17N3O2S/c19-13-18(14-5-2-1-3-6-14)8-10-21(11-9-18)17(24)20-16(22)15-7-4-12-23-15/h1-7,12H,8-11H2,(H,20,22,24). The third kappa shape index (κ3) is 3.17. The fraction of sp³-hybridized carbons (Fsp3) is 0.278. The van der Waals surface area contributed by atoms with Crippen molar-refractivity contribution in [1.29, 1.82) is 5.26 Å². The van der Waals surface area contributed by atoms with E-state index in [9.17, 15) is 10.1 Å². The molecule has 1 aromatic heterocycles. The Morgan fingerprint density at radius 2 is 1.92 bits per heavy atom. The Morgan fingerprint density at radius 3 is 2.50 bits per heavy atom. The number of thiocarbonyl (C=S) groups is 1. The number of carbonyl (C=O) groups excluding carboxylic acids is 1. The van der Waals surface area contributed by atoms with Crippen LogP contribution >= 0.6 is 12.2 Å². The first kappa shape index (κ1) is 16.2. The molecule has 6 heteroatoms. The van der Waals surface area contributed by atoms with E-state index in [2.05, 4.69) is 11.4 Å². The molecule has 3 rings (SSSR count). The Labute approximate surface area is 145 Å². The van der Waals surface area contributed by atoms with Crippen molar-refractivity contribution in [2.45, 2.75) is 18.3 Å². The van der Waals surface area contributed by atoms with Gasteiger partial charge in [-0.25, -0.2) is 0 Å². The number of hydrogen-bond acceptors (Lipinski definition) is 4. The number of nitriles is 1. The van der Waals surface area contributed by atoms with Gasteiger partial charge in [0.2, 0.25) is 0 Å². The average molecular weight is 339 g/mol. The van der Waals surface area contributed by atoms with Crippen LogP contribution < -0.4 is 5.32 Å². The van der Waals surface area contributed by atoms with Gasteiger partial charge in [-0.05, 0) is 42.8 Å². The molecule has 0 aliphatic carbocycles. The van der Waals surface area contributed by atoms with Gasteiger partial charge in [0, 0.05) is 13.1 Å². The molecule has 122 valence electrons. The third-order valence-electron chi connectivity index (χ3n) is 4.41. The third-order valence-corrected chi connectivity index (χ3v) is 4.77. The van der Waals surface area contributed by atoms with E-state index in [1.165, 1.54) is 6.26 Å². The number of hydrogen-bond donors (Lipinski definition) is 1. The number of benzene rings is 1. The molecule has 0 saturated carbocycles. The molecule has 2 heterocycles. The second kappa shape index (κ2) is 6.85. The zero-order chi connectivity index (χ0) is 17.0. The molecule has 0 atom stereocenters. The van der Waals surface area contributed by atoms with E-state index < -0.39 is 5.41 Å². The van der Waals surface area contributed by atoms with Gasteiger partial charge in [-0.2, -0.15) is 5.26 Å². The van der Waals surface area contributed by atoms with Crippen molar-refractivity contribution < 1.29 is 9.21 Å². The summed E-state index contributed by atoms with van der Waals surface area (Å²) in [5, 5.41) is 12.8. The van der Waals surface area contributed by atoms with Gasteiger partial charge >= 0.3 is 0 Å². The second-order valence-electron chi connectivity index (χ2n) is 5.78. The first-order valence-corrected chi connectivity index (χ1v) is 8.16. The van der Waals surface area contributed by atoms with Gasteiger partial charge in [0.05, 0.1) is 17.7 Å². The average Bonchev–Trinajstić information content (AvgIpc) is 3.17. The zero-order valence-electron chi connectivity index (χ0n) is 13.1. The van der Waals surface area contributed by atoms with Crippen LogP contribution in [0.25, 0.3) is 0 Å². The molecule has 0 spiro atoms. The highest BCUT2D eigenvalue weighted by atomic mass is 32.1. The summed E-state index contributed by atoms with van der Waals surface area (Å²) in [6.07, 6.45) is 2.79. The van der Waals surface area contributed by atoms with Crippen molar-refractivity contribution >= 4 is 23.2 Å². The molecular weight excluding hydrogens is 322 g/mol. The summed E-state index contributed by atoms with van der Waals surface area (Å²) in [5.41, 5.74) is 0.552. The minimum atomic E-state index is -0.488. The summed E-state index contributed by atoms with van der Waals surface area (Å²) >= 11 is 5.32. The van der Waals surface area contributed by atoms with Crippen molar-refractivity contribution in [2.75, 3.05) is 13.1 Å². The van der Waals surface area contributed by atoms with Crippen molar-refractivity contribution in [3.05, 3.63) is 60.1 Å². The SMILES string of the molecule is N#CC1(c2ccccc2)CCN(C(=S)NC(=O)c2ccco2)CC1. The molecule has 1 aromatic carbocycles. The van der Waals surface area contributed by atoms with Crippen molar-refractivity contribution in [1.82, 2.24) is 10.2 Å². The summed E-state index contributed by atoms with van der Waals surface area (Å²) in [4.78, 5) is 13.9. The van der Waals surface area contributed by atoms with Crippen LogP contribution in [0.5, 0.6) is 0 Å². The quantitative estimate of drug-likeness (QED) is 0.852. The van der Waals surface area contributed by atoms with Crippen LogP contribution in [0.2, 0.25) is 0 Å². The predicted molar refractivity (Wildman–Crippen MR) is 93.3 cm³/mol. The number of nitrogens with zero attached hydrogens (tertiary/aromatic N) is 2. The van der Waals surface area contributed by atoms with E-state index in [0.29, 0.717) is 31.0 Å². The number of carbonyl (C=O) groups is 1. The summed E-state index contributed by atoms with van der Waals surface area (Å²) < 4.78 is 5.06.